The summed E-state index contributed by atoms with van der Waals surface area (Å²) < 4.78 is 3.23. The standard InChI is InChI=1S/C8H11Cl3O3/c1-6(2-3-8(9,10)11)7(13)14-5-4-12/h2,12H,3-5H2,1H3. The maximum absolute atomic E-state index is 11.1. The fourth-order valence-corrected chi connectivity index (χ4v) is 0.836. The molecule has 3 nitrogen and oxygen atoms in total. The van der Waals surface area contributed by atoms with Crippen LogP contribution in [-0.4, -0.2) is 28.1 Å². The van der Waals surface area contributed by atoms with Gasteiger partial charge in [-0.05, 0) is 6.92 Å². The monoisotopic (exact) mass is 260 g/mol. The first-order valence-electron chi connectivity index (χ1n) is 3.88. The van der Waals surface area contributed by atoms with E-state index in [9.17, 15) is 4.79 Å². The molecular weight excluding hydrogens is 250 g/mol. The van der Waals surface area contributed by atoms with Crippen LogP contribution in [0.3, 0.4) is 0 Å². The summed E-state index contributed by atoms with van der Waals surface area (Å²) in [5.74, 6) is -0.520. The van der Waals surface area contributed by atoms with Gasteiger partial charge in [-0.3, -0.25) is 0 Å². The minimum Gasteiger partial charge on any atom is -0.460 e. The van der Waals surface area contributed by atoms with E-state index in [0.29, 0.717) is 5.57 Å². The number of hydrogen-bond donors (Lipinski definition) is 1. The zero-order valence-corrected chi connectivity index (χ0v) is 9.86. The molecule has 1 N–H and O–H groups in total. The van der Waals surface area contributed by atoms with Gasteiger partial charge in [0.15, 0.2) is 3.79 Å². The quantitative estimate of drug-likeness (QED) is 0.479. The maximum Gasteiger partial charge on any atom is 0.333 e. The second kappa shape index (κ2) is 6.51. The fourth-order valence-electron chi connectivity index (χ4n) is 0.604. The van der Waals surface area contributed by atoms with E-state index >= 15 is 0 Å². The molecule has 0 amide bonds. The van der Waals surface area contributed by atoms with E-state index in [1.165, 1.54) is 6.08 Å². The van der Waals surface area contributed by atoms with E-state index in [0.717, 1.165) is 0 Å². The molecule has 0 aliphatic heterocycles. The summed E-state index contributed by atoms with van der Waals surface area (Å²) in [4.78, 5) is 11.1. The van der Waals surface area contributed by atoms with Crippen molar-refractivity contribution in [3.05, 3.63) is 11.6 Å². The molecule has 6 heteroatoms. The SMILES string of the molecule is CC(=CCC(Cl)(Cl)Cl)C(=O)OCCO. The summed E-state index contributed by atoms with van der Waals surface area (Å²) in [6, 6.07) is 0. The van der Waals surface area contributed by atoms with Crippen LogP contribution in [0.4, 0.5) is 0 Å². The van der Waals surface area contributed by atoms with Crippen LogP contribution in [0.2, 0.25) is 0 Å². The Morgan fingerprint density at radius 1 is 1.50 bits per heavy atom. The van der Waals surface area contributed by atoms with Gasteiger partial charge in [0.2, 0.25) is 0 Å². The first-order valence-corrected chi connectivity index (χ1v) is 5.01. The minimum absolute atomic E-state index is 0.0300. The van der Waals surface area contributed by atoms with Crippen LogP contribution in [0, 0.1) is 0 Å². The van der Waals surface area contributed by atoms with Crippen molar-refractivity contribution in [3.63, 3.8) is 0 Å². The molecule has 0 spiro atoms. The lowest BCUT2D eigenvalue weighted by molar-refractivity contribution is -0.139. The molecule has 14 heavy (non-hydrogen) atoms. The largest absolute Gasteiger partial charge is 0.460 e. The Labute approximate surface area is 97.6 Å². The van der Waals surface area contributed by atoms with Crippen LogP contribution >= 0.6 is 34.8 Å². The van der Waals surface area contributed by atoms with Crippen LogP contribution in [0.25, 0.3) is 0 Å². The number of hydrogen-bond acceptors (Lipinski definition) is 3. The van der Waals surface area contributed by atoms with E-state index in [2.05, 4.69) is 4.74 Å². The fraction of sp³-hybridized carbons (Fsp3) is 0.625. The highest BCUT2D eigenvalue weighted by molar-refractivity contribution is 6.67. The third kappa shape index (κ3) is 7.44. The highest BCUT2D eigenvalue weighted by Gasteiger charge is 2.18. The Hall–Kier alpha value is 0.0400. The van der Waals surface area contributed by atoms with Gasteiger partial charge in [-0.1, -0.05) is 40.9 Å². The molecule has 0 radical (unpaired) electrons. The summed E-state index contributed by atoms with van der Waals surface area (Å²) >= 11 is 16.4. The highest BCUT2D eigenvalue weighted by Crippen LogP contribution is 2.30. The van der Waals surface area contributed by atoms with Crippen LogP contribution in [0.5, 0.6) is 0 Å². The van der Waals surface area contributed by atoms with Gasteiger partial charge in [-0.25, -0.2) is 4.79 Å². The molecule has 0 saturated heterocycles. The van der Waals surface area contributed by atoms with E-state index in [-0.39, 0.29) is 19.6 Å². The summed E-state index contributed by atoms with van der Waals surface area (Å²) in [6.45, 7) is 1.32. The number of aliphatic hydroxyl groups excluding tert-OH is 1. The maximum atomic E-state index is 11.1. The molecule has 0 atom stereocenters. The summed E-state index contributed by atoms with van der Waals surface area (Å²) in [6.07, 6.45) is 1.62. The molecule has 0 heterocycles. The van der Waals surface area contributed by atoms with E-state index in [1.54, 1.807) is 6.92 Å². The molecular formula is C8H11Cl3O3. The average molecular weight is 262 g/mol. The van der Waals surface area contributed by atoms with E-state index in [4.69, 9.17) is 39.9 Å². The van der Waals surface area contributed by atoms with Crippen molar-refractivity contribution in [2.45, 2.75) is 17.1 Å². The lowest BCUT2D eigenvalue weighted by Crippen LogP contribution is -2.10. The Bertz CT molecular complexity index is 220. The third-order valence-electron chi connectivity index (χ3n) is 1.29. The van der Waals surface area contributed by atoms with Gasteiger partial charge < -0.3 is 9.84 Å². The molecule has 0 unspecified atom stereocenters. The minimum atomic E-state index is -1.40. The van der Waals surface area contributed by atoms with Crippen molar-refractivity contribution in [1.82, 2.24) is 0 Å². The second-order valence-electron chi connectivity index (χ2n) is 2.57. The van der Waals surface area contributed by atoms with Crippen molar-refractivity contribution < 1.29 is 14.6 Å². The molecule has 0 aromatic heterocycles. The molecule has 0 bridgehead atoms. The number of alkyl halides is 3. The number of aliphatic hydroxyl groups is 1. The molecule has 0 saturated carbocycles. The van der Waals surface area contributed by atoms with Gasteiger partial charge in [0.25, 0.3) is 0 Å². The van der Waals surface area contributed by atoms with Crippen molar-refractivity contribution in [1.29, 1.82) is 0 Å². The predicted octanol–water partition coefficient (Wildman–Crippen LogP) is 2.23. The number of carbonyl (C=O) groups is 1. The number of carbonyl (C=O) groups excluding carboxylic acids is 1. The molecule has 0 rings (SSSR count). The van der Waals surface area contributed by atoms with E-state index < -0.39 is 9.76 Å². The predicted molar refractivity (Wildman–Crippen MR) is 56.7 cm³/mol. The van der Waals surface area contributed by atoms with Crippen molar-refractivity contribution in [2.75, 3.05) is 13.2 Å². The Morgan fingerprint density at radius 2 is 2.07 bits per heavy atom. The number of esters is 1. The number of halogens is 3. The second-order valence-corrected chi connectivity index (χ2v) is 5.08. The molecule has 0 aromatic carbocycles. The molecule has 0 aliphatic rings. The summed E-state index contributed by atoms with van der Waals surface area (Å²) in [7, 11) is 0. The van der Waals surface area contributed by atoms with Crippen LogP contribution in [-0.2, 0) is 9.53 Å². The number of rotatable bonds is 4. The molecule has 0 aliphatic carbocycles. The first-order chi connectivity index (χ1) is 6.37. The number of allylic oxidation sites excluding steroid dienone is 1. The van der Waals surface area contributed by atoms with Crippen LogP contribution in [0.15, 0.2) is 11.6 Å². The molecule has 82 valence electrons. The summed E-state index contributed by atoms with van der Waals surface area (Å²) in [5, 5.41) is 8.40. The normalized spacial score (nSPS) is 12.8. The van der Waals surface area contributed by atoms with Crippen molar-refractivity contribution in [2.24, 2.45) is 0 Å². The average Bonchev–Trinajstić information content (AvgIpc) is 2.09. The lowest BCUT2D eigenvalue weighted by atomic mass is 10.2. The smallest absolute Gasteiger partial charge is 0.333 e. The highest BCUT2D eigenvalue weighted by atomic mass is 35.6. The van der Waals surface area contributed by atoms with Gasteiger partial charge in [-0.15, -0.1) is 0 Å². The van der Waals surface area contributed by atoms with Gasteiger partial charge in [-0.2, -0.15) is 0 Å². The lowest BCUT2D eigenvalue weighted by Gasteiger charge is -2.07. The van der Waals surface area contributed by atoms with Crippen LogP contribution < -0.4 is 0 Å². The number of ether oxygens (including phenoxy) is 1. The van der Waals surface area contributed by atoms with Gasteiger partial charge in [0, 0.05) is 12.0 Å². The zero-order valence-electron chi connectivity index (χ0n) is 7.60. The van der Waals surface area contributed by atoms with Gasteiger partial charge >= 0.3 is 5.97 Å². The molecule has 0 fully saturated rings. The Kier molecular flexibility index (Phi) is 6.53. The molecule has 0 aromatic rings. The summed E-state index contributed by atoms with van der Waals surface area (Å²) in [5.41, 5.74) is 0.352. The Balaban J connectivity index is 4.04. The van der Waals surface area contributed by atoms with E-state index in [1.807, 2.05) is 0 Å². The first kappa shape index (κ1) is 14.0. The van der Waals surface area contributed by atoms with Crippen LogP contribution in [0.1, 0.15) is 13.3 Å². The third-order valence-corrected chi connectivity index (χ3v) is 1.75. The van der Waals surface area contributed by atoms with Crippen molar-refractivity contribution in [3.8, 4) is 0 Å². The van der Waals surface area contributed by atoms with Gasteiger partial charge in [0.1, 0.15) is 6.61 Å². The zero-order chi connectivity index (χ0) is 11.2. The Morgan fingerprint density at radius 3 is 2.50 bits per heavy atom. The van der Waals surface area contributed by atoms with Gasteiger partial charge in [0.05, 0.1) is 6.61 Å². The van der Waals surface area contributed by atoms with Crippen molar-refractivity contribution >= 4 is 40.8 Å². The topological polar surface area (TPSA) is 46.5 Å².